The fraction of sp³-hybridized carbons (Fsp3) is 0.308. The number of rotatable bonds is 4. The van der Waals surface area contributed by atoms with Gasteiger partial charge < -0.3 is 19.7 Å². The van der Waals surface area contributed by atoms with Gasteiger partial charge in [0.1, 0.15) is 11.6 Å². The number of ether oxygens (including phenoxy) is 1. The van der Waals surface area contributed by atoms with E-state index in [1.165, 1.54) is 28.8 Å². The lowest BCUT2D eigenvalue weighted by molar-refractivity contribution is 0.296. The molecule has 3 aromatic rings. The molecule has 7 heteroatoms. The normalized spacial score (nSPS) is 16.1. The van der Waals surface area contributed by atoms with Gasteiger partial charge in [-0.3, -0.25) is 0 Å². The second-order valence-electron chi connectivity index (χ2n) is 8.55. The van der Waals surface area contributed by atoms with Crippen LogP contribution in [0.5, 0.6) is 11.6 Å². The van der Waals surface area contributed by atoms with E-state index in [0.717, 1.165) is 49.4 Å². The molecule has 1 N–H and O–H groups in total. The molecule has 2 heterocycles. The number of nitrogens with zero attached hydrogens (tertiary/aromatic N) is 4. The van der Waals surface area contributed by atoms with Crippen LogP contribution < -0.4 is 9.64 Å². The molecule has 0 spiro atoms. The van der Waals surface area contributed by atoms with E-state index in [2.05, 4.69) is 28.0 Å². The largest absolute Gasteiger partial charge is 0.439 e. The molecule has 1 aliphatic heterocycles. The zero-order valence-electron chi connectivity index (χ0n) is 18.7. The van der Waals surface area contributed by atoms with E-state index < -0.39 is 0 Å². The lowest BCUT2D eigenvalue weighted by atomic mass is 10.0. The van der Waals surface area contributed by atoms with Crippen LogP contribution in [-0.4, -0.2) is 47.1 Å². The van der Waals surface area contributed by atoms with Gasteiger partial charge in [0.2, 0.25) is 5.88 Å². The second-order valence-corrected chi connectivity index (χ2v) is 8.55. The van der Waals surface area contributed by atoms with E-state index in [4.69, 9.17) is 4.74 Å². The number of aromatic nitrogens is 1. The van der Waals surface area contributed by atoms with Crippen LogP contribution in [0.25, 0.3) is 0 Å². The number of fused-ring (bicyclic) bond motifs is 1. The molecule has 33 heavy (non-hydrogen) atoms. The van der Waals surface area contributed by atoms with Gasteiger partial charge in [0, 0.05) is 49.7 Å². The molecular weight excluding hydrogens is 419 g/mol. The predicted octanol–water partition coefficient (Wildman–Crippen LogP) is 4.77. The van der Waals surface area contributed by atoms with Gasteiger partial charge in [-0.25, -0.2) is 9.37 Å². The van der Waals surface area contributed by atoms with Crippen molar-refractivity contribution in [3.8, 4) is 11.6 Å². The highest BCUT2D eigenvalue weighted by molar-refractivity contribution is 5.98. The van der Waals surface area contributed by atoms with Crippen molar-refractivity contribution < 1.29 is 14.3 Å². The Morgan fingerprint density at radius 2 is 1.76 bits per heavy atom. The van der Waals surface area contributed by atoms with Crippen molar-refractivity contribution in [2.45, 2.75) is 26.2 Å². The number of halogens is 1. The maximum atomic E-state index is 13.2. The number of oxime groups is 1. The lowest BCUT2D eigenvalue weighted by Crippen LogP contribution is -2.49. The number of amidine groups is 1. The van der Waals surface area contributed by atoms with E-state index in [1.54, 1.807) is 18.3 Å². The summed E-state index contributed by atoms with van der Waals surface area (Å²) < 4.78 is 19.4. The van der Waals surface area contributed by atoms with Crippen molar-refractivity contribution in [2.24, 2.45) is 5.16 Å². The van der Waals surface area contributed by atoms with Crippen LogP contribution in [0.3, 0.4) is 0 Å². The Morgan fingerprint density at radius 3 is 2.52 bits per heavy atom. The van der Waals surface area contributed by atoms with Crippen molar-refractivity contribution in [3.63, 3.8) is 0 Å². The summed E-state index contributed by atoms with van der Waals surface area (Å²) in [5.74, 6) is 1.60. The lowest BCUT2D eigenvalue weighted by Gasteiger charge is -2.37. The summed E-state index contributed by atoms with van der Waals surface area (Å²) in [7, 11) is 0. The molecular formula is C26H27FN4O2. The molecule has 170 valence electrons. The number of hydrogen-bond donors (Lipinski definition) is 1. The Hall–Kier alpha value is -3.61. The Balaban J connectivity index is 1.30. The summed E-state index contributed by atoms with van der Waals surface area (Å²) >= 11 is 0. The predicted molar refractivity (Wildman–Crippen MR) is 126 cm³/mol. The molecule has 6 nitrogen and oxygen atoms in total. The first-order chi connectivity index (χ1) is 16.1. The van der Waals surface area contributed by atoms with Gasteiger partial charge in [-0.05, 0) is 79.3 Å². The van der Waals surface area contributed by atoms with Gasteiger partial charge in [0.15, 0.2) is 5.84 Å². The van der Waals surface area contributed by atoms with Crippen LogP contribution >= 0.6 is 0 Å². The minimum absolute atomic E-state index is 0.238. The van der Waals surface area contributed by atoms with Crippen LogP contribution in [0.4, 0.5) is 10.1 Å². The molecule has 2 aromatic carbocycles. The monoisotopic (exact) mass is 446 g/mol. The topological polar surface area (TPSA) is 61.2 Å². The smallest absolute Gasteiger partial charge is 0.219 e. The maximum absolute atomic E-state index is 13.2. The fourth-order valence-corrected chi connectivity index (χ4v) is 4.80. The first-order valence-electron chi connectivity index (χ1n) is 11.4. The molecule has 1 fully saturated rings. The summed E-state index contributed by atoms with van der Waals surface area (Å²) in [4.78, 5) is 8.63. The van der Waals surface area contributed by atoms with Gasteiger partial charge in [-0.2, -0.15) is 0 Å². The molecule has 0 amide bonds. The molecule has 1 saturated heterocycles. The van der Waals surface area contributed by atoms with Crippen LogP contribution in [0.2, 0.25) is 0 Å². The highest BCUT2D eigenvalue weighted by Crippen LogP contribution is 2.35. The molecule has 5 rings (SSSR count). The molecule has 0 radical (unpaired) electrons. The Bertz CT molecular complexity index is 1170. The van der Waals surface area contributed by atoms with Crippen LogP contribution in [0.1, 0.15) is 28.7 Å². The number of pyridine rings is 1. The first-order valence-corrected chi connectivity index (χ1v) is 11.4. The van der Waals surface area contributed by atoms with Crippen molar-refractivity contribution >= 4 is 11.5 Å². The van der Waals surface area contributed by atoms with E-state index in [9.17, 15) is 9.60 Å². The fourth-order valence-electron chi connectivity index (χ4n) is 4.80. The van der Waals surface area contributed by atoms with Gasteiger partial charge in [0.05, 0.1) is 0 Å². The molecule has 0 unspecified atom stereocenters. The zero-order chi connectivity index (χ0) is 22.8. The first kappa shape index (κ1) is 21.2. The van der Waals surface area contributed by atoms with E-state index in [0.29, 0.717) is 24.8 Å². The number of hydrogen-bond acceptors (Lipinski definition) is 5. The summed E-state index contributed by atoms with van der Waals surface area (Å²) in [5, 5.41) is 13.4. The van der Waals surface area contributed by atoms with Crippen molar-refractivity contribution in [3.05, 3.63) is 82.8 Å². The number of piperazine rings is 1. The highest BCUT2D eigenvalue weighted by atomic mass is 19.1. The number of benzene rings is 2. The Kier molecular flexibility index (Phi) is 5.86. The summed E-state index contributed by atoms with van der Waals surface area (Å²) in [6.07, 6.45) is 4.94. The van der Waals surface area contributed by atoms with Gasteiger partial charge >= 0.3 is 0 Å². The SMILES string of the molecule is Cc1ccc(Oc2cc(/C(=N/O)N3CCN(c4ccc(F)cc4)CC3)ccn2)c2c1CCC2. The summed E-state index contributed by atoms with van der Waals surface area (Å²) in [5.41, 5.74) is 5.71. The molecule has 1 aliphatic carbocycles. The third-order valence-corrected chi connectivity index (χ3v) is 6.55. The average molecular weight is 447 g/mol. The third-order valence-electron chi connectivity index (χ3n) is 6.55. The maximum Gasteiger partial charge on any atom is 0.219 e. The van der Waals surface area contributed by atoms with Crippen LogP contribution in [0, 0.1) is 12.7 Å². The quantitative estimate of drug-likeness (QED) is 0.271. The molecule has 1 aromatic heterocycles. The highest BCUT2D eigenvalue weighted by Gasteiger charge is 2.23. The van der Waals surface area contributed by atoms with E-state index >= 15 is 0 Å². The zero-order valence-corrected chi connectivity index (χ0v) is 18.7. The third kappa shape index (κ3) is 4.35. The molecule has 0 atom stereocenters. The number of anilines is 1. The van der Waals surface area contributed by atoms with Crippen molar-refractivity contribution in [1.29, 1.82) is 0 Å². The molecule has 0 saturated carbocycles. The Morgan fingerprint density at radius 1 is 1.00 bits per heavy atom. The second kappa shape index (κ2) is 9.10. The Labute approximate surface area is 192 Å². The standard InChI is InChI=1S/C26H27FN4O2/c1-18-5-10-24(23-4-2-3-22(18)23)33-25-17-19(11-12-28-25)26(29-32)31-15-13-30(14-16-31)21-8-6-20(27)7-9-21/h5-12,17,32H,2-4,13-16H2,1H3/b29-26-. The van der Waals surface area contributed by atoms with Gasteiger partial charge in [0.25, 0.3) is 0 Å². The summed E-state index contributed by atoms with van der Waals surface area (Å²) in [6, 6.07) is 14.3. The van der Waals surface area contributed by atoms with Crippen LogP contribution in [0.15, 0.2) is 59.9 Å². The van der Waals surface area contributed by atoms with E-state index in [1.807, 2.05) is 23.1 Å². The van der Waals surface area contributed by atoms with E-state index in [-0.39, 0.29) is 5.82 Å². The minimum atomic E-state index is -0.238. The molecule has 0 bridgehead atoms. The minimum Gasteiger partial charge on any atom is -0.439 e. The average Bonchev–Trinajstić information content (AvgIpc) is 3.34. The van der Waals surface area contributed by atoms with Crippen LogP contribution in [-0.2, 0) is 12.8 Å². The summed E-state index contributed by atoms with van der Waals surface area (Å²) in [6.45, 7) is 5.00. The van der Waals surface area contributed by atoms with Gasteiger partial charge in [-0.1, -0.05) is 11.2 Å². The van der Waals surface area contributed by atoms with Gasteiger partial charge in [-0.15, -0.1) is 0 Å². The number of aryl methyl sites for hydroxylation is 1. The molecule has 2 aliphatic rings. The van der Waals surface area contributed by atoms with Crippen molar-refractivity contribution in [2.75, 3.05) is 31.1 Å². The van der Waals surface area contributed by atoms with Crippen molar-refractivity contribution in [1.82, 2.24) is 9.88 Å².